The summed E-state index contributed by atoms with van der Waals surface area (Å²) in [5.41, 5.74) is 1.70. The molecule has 0 fully saturated rings. The number of carbonyl (C=O) groups is 1. The van der Waals surface area contributed by atoms with E-state index in [0.717, 1.165) is 27.2 Å². The molecule has 0 saturated heterocycles. The van der Waals surface area contributed by atoms with Gasteiger partial charge in [0.25, 0.3) is 0 Å². The van der Waals surface area contributed by atoms with Crippen molar-refractivity contribution >= 4 is 39.0 Å². The summed E-state index contributed by atoms with van der Waals surface area (Å²) in [6.07, 6.45) is 1.45. The van der Waals surface area contributed by atoms with Gasteiger partial charge in [0.15, 0.2) is 0 Å². The van der Waals surface area contributed by atoms with E-state index in [-0.39, 0.29) is 18.2 Å². The third-order valence-corrected chi connectivity index (χ3v) is 4.92. The largest absolute Gasteiger partial charge is 0.491 e. The third-order valence-electron chi connectivity index (χ3n) is 3.74. The van der Waals surface area contributed by atoms with Gasteiger partial charge >= 0.3 is 5.97 Å². The number of esters is 1. The van der Waals surface area contributed by atoms with E-state index in [4.69, 9.17) is 9.47 Å². The summed E-state index contributed by atoms with van der Waals surface area (Å²) in [4.78, 5) is 22.3. The Kier molecular flexibility index (Phi) is 5.60. The Labute approximate surface area is 162 Å². The lowest BCUT2D eigenvalue weighted by Crippen LogP contribution is -2.11. The van der Waals surface area contributed by atoms with Crippen molar-refractivity contribution in [3.05, 3.63) is 41.0 Å². The number of nitrogens with zero attached hydrogens (tertiary/aromatic N) is 2. The summed E-state index contributed by atoms with van der Waals surface area (Å²) in [6, 6.07) is 7.68. The summed E-state index contributed by atoms with van der Waals surface area (Å²) in [5.74, 6) is 1.15. The quantitative estimate of drug-likeness (QED) is 0.596. The molecule has 0 unspecified atom stereocenters. The van der Waals surface area contributed by atoms with Crippen LogP contribution in [0.1, 0.15) is 42.9 Å². The Morgan fingerprint density at radius 3 is 2.41 bits per heavy atom. The minimum absolute atomic E-state index is 0.128. The van der Waals surface area contributed by atoms with Crippen molar-refractivity contribution in [2.75, 3.05) is 5.32 Å². The highest BCUT2D eigenvalue weighted by Crippen LogP contribution is 2.35. The molecular weight excluding hydrogens is 362 g/mol. The van der Waals surface area contributed by atoms with E-state index in [2.05, 4.69) is 15.3 Å². The molecule has 1 N–H and O–H groups in total. The highest BCUT2D eigenvalue weighted by atomic mass is 32.1. The maximum absolute atomic E-state index is 12.3. The minimum atomic E-state index is -0.327. The molecule has 27 heavy (non-hydrogen) atoms. The van der Waals surface area contributed by atoms with Crippen LogP contribution in [0.4, 0.5) is 11.5 Å². The summed E-state index contributed by atoms with van der Waals surface area (Å²) in [5, 5.41) is 4.14. The van der Waals surface area contributed by atoms with Gasteiger partial charge in [-0.3, -0.25) is 0 Å². The van der Waals surface area contributed by atoms with E-state index in [1.807, 2.05) is 58.9 Å². The molecule has 0 saturated carbocycles. The number of hydrogen-bond acceptors (Lipinski definition) is 7. The van der Waals surface area contributed by atoms with Crippen molar-refractivity contribution in [2.24, 2.45) is 0 Å². The van der Waals surface area contributed by atoms with E-state index in [9.17, 15) is 4.79 Å². The molecule has 3 rings (SSSR count). The van der Waals surface area contributed by atoms with Gasteiger partial charge in [0, 0.05) is 5.69 Å². The minimum Gasteiger partial charge on any atom is -0.491 e. The summed E-state index contributed by atoms with van der Waals surface area (Å²) >= 11 is 1.32. The van der Waals surface area contributed by atoms with E-state index in [1.54, 1.807) is 0 Å². The lowest BCUT2D eigenvalue weighted by Gasteiger charge is -2.11. The molecule has 0 aliphatic heterocycles. The first-order valence-corrected chi connectivity index (χ1v) is 9.65. The molecule has 0 radical (unpaired) electrons. The van der Waals surface area contributed by atoms with Gasteiger partial charge in [0.2, 0.25) is 0 Å². The normalized spacial score (nSPS) is 11.2. The molecule has 0 aliphatic carbocycles. The number of ether oxygens (including phenoxy) is 2. The van der Waals surface area contributed by atoms with Crippen molar-refractivity contribution in [1.82, 2.24) is 9.97 Å². The first kappa shape index (κ1) is 19.1. The molecule has 1 aromatic carbocycles. The highest BCUT2D eigenvalue weighted by molar-refractivity contribution is 7.20. The molecule has 2 aromatic heterocycles. The molecule has 3 aromatic rings. The Hall–Kier alpha value is -2.67. The highest BCUT2D eigenvalue weighted by Gasteiger charge is 2.21. The van der Waals surface area contributed by atoms with Crippen LogP contribution in [0, 0.1) is 6.92 Å². The van der Waals surface area contributed by atoms with Gasteiger partial charge in [0.1, 0.15) is 27.6 Å². The molecule has 6 nitrogen and oxygen atoms in total. The SMILES string of the molecule is Cc1c(C(=O)OC(C)C)sc2ncnc(Nc3ccc(OC(C)C)cc3)c12. The van der Waals surface area contributed by atoms with Crippen LogP contribution < -0.4 is 10.1 Å². The number of thiophene rings is 1. The molecule has 0 aliphatic rings. The van der Waals surface area contributed by atoms with Crippen molar-refractivity contribution in [2.45, 2.75) is 46.8 Å². The molecular formula is C20H23N3O3S. The smallest absolute Gasteiger partial charge is 0.348 e. The van der Waals surface area contributed by atoms with E-state index in [0.29, 0.717) is 10.7 Å². The fourth-order valence-electron chi connectivity index (χ4n) is 2.65. The predicted octanol–water partition coefficient (Wildman–Crippen LogP) is 5.10. The number of benzene rings is 1. The molecule has 0 bridgehead atoms. The van der Waals surface area contributed by atoms with Crippen LogP contribution in [0.15, 0.2) is 30.6 Å². The second-order valence-corrected chi connectivity index (χ2v) is 7.73. The van der Waals surface area contributed by atoms with Gasteiger partial charge in [-0.15, -0.1) is 11.3 Å². The van der Waals surface area contributed by atoms with Crippen LogP contribution in [0.3, 0.4) is 0 Å². The average Bonchev–Trinajstić information content (AvgIpc) is 2.94. The van der Waals surface area contributed by atoms with Gasteiger partial charge in [-0.25, -0.2) is 14.8 Å². The lowest BCUT2D eigenvalue weighted by atomic mass is 10.2. The number of aromatic nitrogens is 2. The Morgan fingerprint density at radius 2 is 1.78 bits per heavy atom. The zero-order valence-electron chi connectivity index (χ0n) is 16.1. The number of anilines is 2. The van der Waals surface area contributed by atoms with Gasteiger partial charge < -0.3 is 14.8 Å². The first-order chi connectivity index (χ1) is 12.8. The van der Waals surface area contributed by atoms with E-state index in [1.165, 1.54) is 17.7 Å². The second-order valence-electron chi connectivity index (χ2n) is 6.73. The van der Waals surface area contributed by atoms with Crippen LogP contribution in [-0.4, -0.2) is 28.1 Å². The van der Waals surface area contributed by atoms with Crippen molar-refractivity contribution in [1.29, 1.82) is 0 Å². The van der Waals surface area contributed by atoms with E-state index < -0.39 is 0 Å². The number of hydrogen-bond donors (Lipinski definition) is 1. The average molecular weight is 385 g/mol. The topological polar surface area (TPSA) is 73.3 Å². The lowest BCUT2D eigenvalue weighted by molar-refractivity contribution is 0.0383. The fraction of sp³-hybridized carbons (Fsp3) is 0.350. The van der Waals surface area contributed by atoms with Crippen LogP contribution in [-0.2, 0) is 4.74 Å². The number of rotatable bonds is 6. The summed E-state index contributed by atoms with van der Waals surface area (Å²) < 4.78 is 11.0. The Bertz CT molecular complexity index is 949. The third kappa shape index (κ3) is 4.36. The first-order valence-electron chi connectivity index (χ1n) is 8.84. The van der Waals surface area contributed by atoms with Gasteiger partial charge in [-0.1, -0.05) is 0 Å². The zero-order chi connectivity index (χ0) is 19.6. The monoisotopic (exact) mass is 385 g/mol. The number of nitrogens with one attached hydrogen (secondary N) is 1. The van der Waals surface area contributed by atoms with Crippen LogP contribution in [0.2, 0.25) is 0 Å². The molecule has 0 spiro atoms. The molecule has 0 amide bonds. The van der Waals surface area contributed by atoms with Crippen molar-refractivity contribution < 1.29 is 14.3 Å². The predicted molar refractivity (Wildman–Crippen MR) is 108 cm³/mol. The fourth-order valence-corrected chi connectivity index (χ4v) is 3.69. The standard InChI is InChI=1S/C20H23N3O3S/c1-11(2)25-15-8-6-14(7-9-15)23-18-16-13(5)17(20(24)26-12(3)4)27-19(16)22-10-21-18/h6-12H,1-5H3,(H,21,22,23). The van der Waals surface area contributed by atoms with Crippen molar-refractivity contribution in [3.63, 3.8) is 0 Å². The zero-order valence-corrected chi connectivity index (χ0v) is 16.9. The summed E-state index contributed by atoms with van der Waals surface area (Å²) in [7, 11) is 0. The molecule has 142 valence electrons. The maximum atomic E-state index is 12.3. The molecule has 2 heterocycles. The van der Waals surface area contributed by atoms with Crippen LogP contribution >= 0.6 is 11.3 Å². The maximum Gasteiger partial charge on any atom is 0.348 e. The number of fused-ring (bicyclic) bond motifs is 1. The Morgan fingerprint density at radius 1 is 1.07 bits per heavy atom. The number of aryl methyl sites for hydroxylation is 1. The Balaban J connectivity index is 1.91. The van der Waals surface area contributed by atoms with Crippen LogP contribution in [0.5, 0.6) is 5.75 Å². The van der Waals surface area contributed by atoms with Gasteiger partial charge in [-0.05, 0) is 64.4 Å². The van der Waals surface area contributed by atoms with Crippen molar-refractivity contribution in [3.8, 4) is 5.75 Å². The molecule has 7 heteroatoms. The second kappa shape index (κ2) is 7.92. The number of carbonyl (C=O) groups excluding carboxylic acids is 1. The van der Waals surface area contributed by atoms with Gasteiger partial charge in [0.05, 0.1) is 17.6 Å². The van der Waals surface area contributed by atoms with E-state index >= 15 is 0 Å². The molecule has 0 atom stereocenters. The van der Waals surface area contributed by atoms with Gasteiger partial charge in [-0.2, -0.15) is 0 Å². The summed E-state index contributed by atoms with van der Waals surface area (Å²) in [6.45, 7) is 9.54. The van der Waals surface area contributed by atoms with Crippen LogP contribution in [0.25, 0.3) is 10.2 Å².